The van der Waals surface area contributed by atoms with Crippen LogP contribution in [0.4, 0.5) is 11.6 Å². The van der Waals surface area contributed by atoms with E-state index in [0.717, 1.165) is 36.6 Å². The van der Waals surface area contributed by atoms with Crippen molar-refractivity contribution in [1.82, 2.24) is 9.97 Å². The van der Waals surface area contributed by atoms with Gasteiger partial charge in [0.1, 0.15) is 18.0 Å². The summed E-state index contributed by atoms with van der Waals surface area (Å²) >= 11 is 0. The minimum absolute atomic E-state index is 0.308. The van der Waals surface area contributed by atoms with E-state index in [2.05, 4.69) is 53.9 Å². The molecule has 5 nitrogen and oxygen atoms in total. The summed E-state index contributed by atoms with van der Waals surface area (Å²) < 4.78 is 0. The highest BCUT2D eigenvalue weighted by Crippen LogP contribution is 2.25. The number of hydrogen-bond donors (Lipinski definition) is 1. The smallest absolute Gasteiger partial charge is 0.137 e. The van der Waals surface area contributed by atoms with Crippen molar-refractivity contribution in [2.45, 2.75) is 53.0 Å². The van der Waals surface area contributed by atoms with Crippen LogP contribution in [0.1, 0.15) is 46.1 Å². The van der Waals surface area contributed by atoms with Crippen LogP contribution in [0.15, 0.2) is 6.33 Å². The van der Waals surface area contributed by atoms with Gasteiger partial charge in [-0.05, 0) is 26.7 Å². The van der Waals surface area contributed by atoms with E-state index in [1.165, 1.54) is 0 Å². The molecule has 0 unspecified atom stereocenters. The van der Waals surface area contributed by atoms with Crippen LogP contribution in [0.25, 0.3) is 0 Å². The minimum atomic E-state index is 0.308. The van der Waals surface area contributed by atoms with Crippen molar-refractivity contribution in [3.8, 4) is 6.07 Å². The van der Waals surface area contributed by atoms with Crippen LogP contribution in [-0.4, -0.2) is 29.1 Å². The van der Waals surface area contributed by atoms with Gasteiger partial charge in [-0.1, -0.05) is 13.8 Å². The molecule has 1 aromatic rings. The van der Waals surface area contributed by atoms with Crippen molar-refractivity contribution >= 4 is 11.6 Å². The Morgan fingerprint density at radius 3 is 2.65 bits per heavy atom. The van der Waals surface area contributed by atoms with Crippen LogP contribution in [0.2, 0.25) is 0 Å². The lowest BCUT2D eigenvalue weighted by Crippen LogP contribution is -2.33. The van der Waals surface area contributed by atoms with Crippen LogP contribution < -0.4 is 10.2 Å². The Morgan fingerprint density at radius 1 is 1.35 bits per heavy atom. The standard InChI is InChI=1S/C15H25N5/c1-5-9-17-14-13(6-2)15(19-11-18-14)20(12(3)4)10-7-8-16/h11-12H,5-7,9-10H2,1-4H3,(H,17,18,19). The second-order valence-electron chi connectivity index (χ2n) is 5.00. The fourth-order valence-corrected chi connectivity index (χ4v) is 2.15. The first-order valence-corrected chi connectivity index (χ1v) is 7.36. The molecule has 0 aliphatic heterocycles. The summed E-state index contributed by atoms with van der Waals surface area (Å²) in [5.74, 6) is 1.87. The summed E-state index contributed by atoms with van der Waals surface area (Å²) in [6, 6.07) is 2.52. The van der Waals surface area contributed by atoms with Crippen molar-refractivity contribution in [1.29, 1.82) is 5.26 Å². The number of nitrogens with one attached hydrogen (secondary N) is 1. The summed E-state index contributed by atoms with van der Waals surface area (Å²) in [6.45, 7) is 10.1. The van der Waals surface area contributed by atoms with E-state index in [9.17, 15) is 0 Å². The quantitative estimate of drug-likeness (QED) is 0.790. The molecule has 0 saturated carbocycles. The fourth-order valence-electron chi connectivity index (χ4n) is 2.15. The molecule has 0 spiro atoms. The SMILES string of the molecule is CCCNc1ncnc(N(CCC#N)C(C)C)c1CC. The Hall–Kier alpha value is -1.83. The number of hydrogen-bond acceptors (Lipinski definition) is 5. The second kappa shape index (κ2) is 8.36. The Labute approximate surface area is 122 Å². The van der Waals surface area contributed by atoms with Gasteiger partial charge in [-0.3, -0.25) is 0 Å². The summed E-state index contributed by atoms with van der Waals surface area (Å²) in [5.41, 5.74) is 1.13. The van der Waals surface area contributed by atoms with Gasteiger partial charge in [-0.2, -0.15) is 5.26 Å². The van der Waals surface area contributed by atoms with E-state index in [4.69, 9.17) is 5.26 Å². The zero-order chi connectivity index (χ0) is 15.0. The van der Waals surface area contributed by atoms with Gasteiger partial charge in [0.2, 0.25) is 0 Å². The lowest BCUT2D eigenvalue weighted by molar-refractivity contribution is 0.671. The number of rotatable bonds is 8. The fraction of sp³-hybridized carbons (Fsp3) is 0.667. The highest BCUT2D eigenvalue weighted by atomic mass is 15.2. The molecule has 0 aliphatic carbocycles. The molecule has 0 amide bonds. The van der Waals surface area contributed by atoms with Gasteiger partial charge in [0, 0.05) is 24.7 Å². The van der Waals surface area contributed by atoms with Crippen molar-refractivity contribution in [2.24, 2.45) is 0 Å². The highest BCUT2D eigenvalue weighted by molar-refractivity contribution is 5.59. The van der Waals surface area contributed by atoms with Gasteiger partial charge in [0.25, 0.3) is 0 Å². The van der Waals surface area contributed by atoms with Crippen molar-refractivity contribution in [2.75, 3.05) is 23.3 Å². The normalized spacial score (nSPS) is 10.4. The van der Waals surface area contributed by atoms with Gasteiger partial charge >= 0.3 is 0 Å². The predicted octanol–water partition coefficient (Wildman–Crippen LogP) is 2.99. The Kier molecular flexibility index (Phi) is 6.78. The molecule has 0 fully saturated rings. The molecule has 20 heavy (non-hydrogen) atoms. The molecule has 110 valence electrons. The van der Waals surface area contributed by atoms with Gasteiger partial charge in [0.15, 0.2) is 0 Å². The second-order valence-corrected chi connectivity index (χ2v) is 5.00. The molecule has 1 N–H and O–H groups in total. The van der Waals surface area contributed by atoms with Gasteiger partial charge in [-0.25, -0.2) is 9.97 Å². The van der Waals surface area contributed by atoms with Crippen LogP contribution >= 0.6 is 0 Å². The molecule has 1 rings (SSSR count). The average molecular weight is 275 g/mol. The molecule has 1 aromatic heterocycles. The van der Waals surface area contributed by atoms with Crippen molar-refractivity contribution in [3.63, 3.8) is 0 Å². The third-order valence-corrected chi connectivity index (χ3v) is 3.18. The maximum absolute atomic E-state index is 8.82. The maximum atomic E-state index is 8.82. The van der Waals surface area contributed by atoms with E-state index in [-0.39, 0.29) is 0 Å². The van der Waals surface area contributed by atoms with Crippen LogP contribution in [0.5, 0.6) is 0 Å². The van der Waals surface area contributed by atoms with E-state index >= 15 is 0 Å². The lowest BCUT2D eigenvalue weighted by atomic mass is 10.1. The monoisotopic (exact) mass is 275 g/mol. The number of aromatic nitrogens is 2. The molecule has 0 radical (unpaired) electrons. The average Bonchev–Trinajstić information content (AvgIpc) is 2.45. The molecular weight excluding hydrogens is 250 g/mol. The number of nitriles is 1. The summed E-state index contributed by atoms with van der Waals surface area (Å²) in [4.78, 5) is 11.0. The largest absolute Gasteiger partial charge is 0.370 e. The predicted molar refractivity (Wildman–Crippen MR) is 82.9 cm³/mol. The summed E-state index contributed by atoms with van der Waals surface area (Å²) in [5, 5.41) is 12.2. The number of anilines is 2. The van der Waals surface area contributed by atoms with E-state index < -0.39 is 0 Å². The highest BCUT2D eigenvalue weighted by Gasteiger charge is 2.18. The van der Waals surface area contributed by atoms with Gasteiger partial charge in [-0.15, -0.1) is 0 Å². The first kappa shape index (κ1) is 16.2. The van der Waals surface area contributed by atoms with Gasteiger partial charge < -0.3 is 10.2 Å². The Bertz CT molecular complexity index is 450. The first-order valence-electron chi connectivity index (χ1n) is 7.36. The van der Waals surface area contributed by atoms with Crippen molar-refractivity contribution in [3.05, 3.63) is 11.9 Å². The van der Waals surface area contributed by atoms with E-state index in [0.29, 0.717) is 19.0 Å². The minimum Gasteiger partial charge on any atom is -0.370 e. The molecule has 0 aromatic carbocycles. The van der Waals surface area contributed by atoms with E-state index in [1.54, 1.807) is 6.33 Å². The molecule has 5 heteroatoms. The van der Waals surface area contributed by atoms with Crippen LogP contribution in [-0.2, 0) is 6.42 Å². The molecule has 1 heterocycles. The van der Waals surface area contributed by atoms with Gasteiger partial charge in [0.05, 0.1) is 12.5 Å². The van der Waals surface area contributed by atoms with Crippen LogP contribution in [0, 0.1) is 11.3 Å². The maximum Gasteiger partial charge on any atom is 0.137 e. The Morgan fingerprint density at radius 2 is 2.10 bits per heavy atom. The third-order valence-electron chi connectivity index (χ3n) is 3.18. The van der Waals surface area contributed by atoms with Crippen LogP contribution in [0.3, 0.4) is 0 Å². The zero-order valence-electron chi connectivity index (χ0n) is 13.0. The molecular formula is C15H25N5. The molecule has 0 bridgehead atoms. The molecule has 0 atom stereocenters. The van der Waals surface area contributed by atoms with Crippen molar-refractivity contribution < 1.29 is 0 Å². The topological polar surface area (TPSA) is 64.8 Å². The van der Waals surface area contributed by atoms with E-state index in [1.807, 2.05) is 0 Å². The summed E-state index contributed by atoms with van der Waals surface area (Å²) in [6.07, 6.45) is 4.04. The number of nitrogens with zero attached hydrogens (tertiary/aromatic N) is 4. The third kappa shape index (κ3) is 4.09. The lowest BCUT2D eigenvalue weighted by Gasteiger charge is -2.29. The Balaban J connectivity index is 3.10. The zero-order valence-corrected chi connectivity index (χ0v) is 13.0. The molecule has 0 aliphatic rings. The first-order chi connectivity index (χ1) is 9.65. The molecule has 0 saturated heterocycles. The summed E-state index contributed by atoms with van der Waals surface area (Å²) in [7, 11) is 0.